The minimum Gasteiger partial charge on any atom is -0.355 e. The second kappa shape index (κ2) is 8.72. The largest absolute Gasteiger partial charge is 0.355 e. The Morgan fingerprint density at radius 3 is 2.65 bits per heavy atom. The van der Waals surface area contributed by atoms with Crippen LogP contribution in [-0.4, -0.2) is 43.0 Å². The molecule has 1 aliphatic rings. The summed E-state index contributed by atoms with van der Waals surface area (Å²) in [6.07, 6.45) is 1.80. The van der Waals surface area contributed by atoms with Gasteiger partial charge in [0.25, 0.3) is 0 Å². The number of carbonyl (C=O) groups excluding carboxylic acids is 2. The van der Waals surface area contributed by atoms with E-state index in [4.69, 9.17) is 11.6 Å². The van der Waals surface area contributed by atoms with E-state index in [2.05, 4.69) is 17.4 Å². The van der Waals surface area contributed by atoms with Crippen molar-refractivity contribution >= 4 is 29.2 Å². The number of hydrogen-bond donors (Lipinski definition) is 1. The van der Waals surface area contributed by atoms with Gasteiger partial charge in [-0.05, 0) is 36.6 Å². The summed E-state index contributed by atoms with van der Waals surface area (Å²) in [5, 5.41) is 3.48. The standard InChI is InChI=1S/C20H22ClN3O2/c21-17-9-4-10-18(14-17)24-13-12-23(20(24)26)15-19(25)22-11-5-8-16-6-2-1-3-7-16/h1-4,6-7,9-10,14H,5,8,11-13,15H2,(H,22,25). The Labute approximate surface area is 158 Å². The first-order valence-corrected chi connectivity index (χ1v) is 9.14. The highest BCUT2D eigenvalue weighted by molar-refractivity contribution is 6.30. The van der Waals surface area contributed by atoms with Crippen LogP contribution < -0.4 is 10.2 Å². The van der Waals surface area contributed by atoms with Gasteiger partial charge >= 0.3 is 6.03 Å². The molecule has 2 aromatic carbocycles. The lowest BCUT2D eigenvalue weighted by molar-refractivity contribution is -0.121. The van der Waals surface area contributed by atoms with Gasteiger partial charge in [-0.2, -0.15) is 0 Å². The molecule has 0 aromatic heterocycles. The molecule has 0 spiro atoms. The van der Waals surface area contributed by atoms with Gasteiger partial charge < -0.3 is 10.2 Å². The number of carbonyl (C=O) groups is 2. The van der Waals surface area contributed by atoms with Crippen molar-refractivity contribution in [1.29, 1.82) is 0 Å². The SMILES string of the molecule is O=C(CN1CCN(c2cccc(Cl)c2)C1=O)NCCCc1ccccc1. The van der Waals surface area contributed by atoms with E-state index in [1.165, 1.54) is 5.56 Å². The smallest absolute Gasteiger partial charge is 0.325 e. The number of hydrogen-bond acceptors (Lipinski definition) is 2. The molecule has 0 bridgehead atoms. The molecule has 3 amide bonds. The maximum Gasteiger partial charge on any atom is 0.325 e. The van der Waals surface area contributed by atoms with Crippen molar-refractivity contribution < 1.29 is 9.59 Å². The highest BCUT2D eigenvalue weighted by Gasteiger charge is 2.30. The number of amides is 3. The molecule has 6 heteroatoms. The van der Waals surface area contributed by atoms with Crippen molar-refractivity contribution in [2.45, 2.75) is 12.8 Å². The number of aryl methyl sites for hydroxylation is 1. The van der Waals surface area contributed by atoms with Crippen LogP contribution in [-0.2, 0) is 11.2 Å². The van der Waals surface area contributed by atoms with Gasteiger partial charge in [-0.15, -0.1) is 0 Å². The Morgan fingerprint density at radius 1 is 1.08 bits per heavy atom. The maximum absolute atomic E-state index is 12.5. The average Bonchev–Trinajstić information content (AvgIpc) is 3.00. The number of nitrogens with one attached hydrogen (secondary N) is 1. The summed E-state index contributed by atoms with van der Waals surface area (Å²) in [4.78, 5) is 27.8. The number of anilines is 1. The van der Waals surface area contributed by atoms with E-state index in [1.54, 1.807) is 21.9 Å². The molecule has 1 fully saturated rings. The lowest BCUT2D eigenvalue weighted by Gasteiger charge is -2.18. The second-order valence-corrected chi connectivity index (χ2v) is 6.71. The molecule has 1 aliphatic heterocycles. The van der Waals surface area contributed by atoms with Crippen molar-refractivity contribution in [3.8, 4) is 0 Å². The van der Waals surface area contributed by atoms with Crippen LogP contribution in [0.5, 0.6) is 0 Å². The van der Waals surface area contributed by atoms with E-state index in [0.717, 1.165) is 18.5 Å². The van der Waals surface area contributed by atoms with Crippen molar-refractivity contribution in [3.05, 3.63) is 65.2 Å². The van der Waals surface area contributed by atoms with Crippen molar-refractivity contribution in [3.63, 3.8) is 0 Å². The van der Waals surface area contributed by atoms with Crippen molar-refractivity contribution in [2.75, 3.05) is 31.1 Å². The van der Waals surface area contributed by atoms with Crippen LogP contribution in [0, 0.1) is 0 Å². The summed E-state index contributed by atoms with van der Waals surface area (Å²) in [7, 11) is 0. The number of rotatable bonds is 7. The molecule has 0 atom stereocenters. The first-order chi connectivity index (χ1) is 12.6. The molecule has 1 N–H and O–H groups in total. The van der Waals surface area contributed by atoms with E-state index < -0.39 is 0 Å². The molecule has 0 radical (unpaired) electrons. The molecule has 1 heterocycles. The number of nitrogens with zero attached hydrogens (tertiary/aromatic N) is 2. The molecule has 5 nitrogen and oxygen atoms in total. The fourth-order valence-corrected chi connectivity index (χ4v) is 3.19. The molecular formula is C20H22ClN3O2. The molecule has 0 saturated carbocycles. The molecule has 0 aliphatic carbocycles. The summed E-state index contributed by atoms with van der Waals surface area (Å²) in [6, 6.07) is 17.2. The second-order valence-electron chi connectivity index (χ2n) is 6.27. The Kier molecular flexibility index (Phi) is 6.12. The maximum atomic E-state index is 12.5. The van der Waals surface area contributed by atoms with Crippen LogP contribution in [0.4, 0.5) is 10.5 Å². The van der Waals surface area contributed by atoms with Crippen LogP contribution >= 0.6 is 11.6 Å². The molecule has 26 heavy (non-hydrogen) atoms. The van der Waals surface area contributed by atoms with E-state index in [9.17, 15) is 9.59 Å². The highest BCUT2D eigenvalue weighted by Crippen LogP contribution is 2.23. The Balaban J connectivity index is 1.42. The summed E-state index contributed by atoms with van der Waals surface area (Å²) in [6.45, 7) is 1.78. The molecule has 0 unspecified atom stereocenters. The summed E-state index contributed by atoms with van der Waals surface area (Å²) < 4.78 is 0. The third kappa shape index (κ3) is 4.76. The van der Waals surface area contributed by atoms with Gasteiger partial charge in [0.05, 0.1) is 0 Å². The van der Waals surface area contributed by atoms with Crippen molar-refractivity contribution in [1.82, 2.24) is 10.2 Å². The average molecular weight is 372 g/mol. The van der Waals surface area contributed by atoms with Crippen LogP contribution in [0.1, 0.15) is 12.0 Å². The van der Waals surface area contributed by atoms with Gasteiger partial charge in [0.1, 0.15) is 6.54 Å². The summed E-state index contributed by atoms with van der Waals surface area (Å²) >= 11 is 5.99. The lowest BCUT2D eigenvalue weighted by Crippen LogP contribution is -2.40. The van der Waals surface area contributed by atoms with E-state index in [1.807, 2.05) is 30.3 Å². The Morgan fingerprint density at radius 2 is 1.88 bits per heavy atom. The quantitative estimate of drug-likeness (QED) is 0.759. The normalized spacial score (nSPS) is 14.0. The fourth-order valence-electron chi connectivity index (χ4n) is 3.01. The monoisotopic (exact) mass is 371 g/mol. The lowest BCUT2D eigenvalue weighted by atomic mass is 10.1. The topological polar surface area (TPSA) is 52.7 Å². The first-order valence-electron chi connectivity index (χ1n) is 8.76. The van der Waals surface area contributed by atoms with Gasteiger partial charge in [-0.1, -0.05) is 48.0 Å². The third-order valence-corrected chi connectivity index (χ3v) is 4.59. The van der Waals surface area contributed by atoms with Crippen LogP contribution in [0.25, 0.3) is 0 Å². The first kappa shape index (κ1) is 18.3. The minimum absolute atomic E-state index is 0.0846. The number of benzene rings is 2. The molecule has 1 saturated heterocycles. The summed E-state index contributed by atoms with van der Waals surface area (Å²) in [5.74, 6) is -0.126. The van der Waals surface area contributed by atoms with Crippen molar-refractivity contribution in [2.24, 2.45) is 0 Å². The van der Waals surface area contributed by atoms with Crippen LogP contribution in [0.3, 0.4) is 0 Å². The molecular weight excluding hydrogens is 350 g/mol. The third-order valence-electron chi connectivity index (χ3n) is 4.36. The zero-order chi connectivity index (χ0) is 18.4. The van der Waals surface area contributed by atoms with Gasteiger partial charge in [0, 0.05) is 30.3 Å². The fraction of sp³-hybridized carbons (Fsp3) is 0.300. The van der Waals surface area contributed by atoms with E-state index in [-0.39, 0.29) is 18.5 Å². The Hall–Kier alpha value is -2.53. The zero-order valence-electron chi connectivity index (χ0n) is 14.5. The predicted molar refractivity (Wildman–Crippen MR) is 104 cm³/mol. The molecule has 3 rings (SSSR count). The van der Waals surface area contributed by atoms with E-state index >= 15 is 0 Å². The van der Waals surface area contributed by atoms with Gasteiger partial charge in [0.2, 0.25) is 5.91 Å². The molecule has 136 valence electrons. The molecule has 2 aromatic rings. The Bertz CT molecular complexity index is 767. The number of halogens is 1. The highest BCUT2D eigenvalue weighted by atomic mass is 35.5. The van der Waals surface area contributed by atoms with Gasteiger partial charge in [-0.25, -0.2) is 4.79 Å². The summed E-state index contributed by atoms with van der Waals surface area (Å²) in [5.41, 5.74) is 2.02. The van der Waals surface area contributed by atoms with Gasteiger partial charge in [0.15, 0.2) is 0 Å². The van der Waals surface area contributed by atoms with E-state index in [0.29, 0.717) is 24.7 Å². The van der Waals surface area contributed by atoms with Gasteiger partial charge in [-0.3, -0.25) is 9.69 Å². The minimum atomic E-state index is -0.160. The van der Waals surface area contributed by atoms with Crippen LogP contribution in [0.2, 0.25) is 5.02 Å². The predicted octanol–water partition coefficient (Wildman–Crippen LogP) is 3.33. The number of urea groups is 1. The zero-order valence-corrected chi connectivity index (χ0v) is 15.3. The van der Waals surface area contributed by atoms with Crippen LogP contribution in [0.15, 0.2) is 54.6 Å².